The lowest BCUT2D eigenvalue weighted by Crippen LogP contribution is -2.51. The Morgan fingerprint density at radius 2 is 2.04 bits per heavy atom. The van der Waals surface area contributed by atoms with Crippen molar-refractivity contribution in [1.29, 1.82) is 0 Å². The number of fused-ring (bicyclic) bond motifs is 4. The third-order valence-electron chi connectivity index (χ3n) is 6.92. The molecular weight excluding hydrogens is 598 g/mol. The van der Waals surface area contributed by atoms with Gasteiger partial charge in [0.15, 0.2) is 0 Å². The van der Waals surface area contributed by atoms with Gasteiger partial charge in [0.05, 0.1) is 35.5 Å². The molecule has 0 saturated heterocycles. The number of carbonyl (C=O) groups is 4. The molecule has 45 heavy (non-hydrogen) atoms. The molecule has 3 amide bonds. The molecule has 1 aliphatic rings. The second-order valence-electron chi connectivity index (χ2n) is 10.7. The molecule has 1 aliphatic heterocycles. The Labute approximate surface area is 264 Å². The van der Waals surface area contributed by atoms with Gasteiger partial charge in [-0.1, -0.05) is 32.0 Å². The van der Waals surface area contributed by atoms with Crippen molar-refractivity contribution in [2.75, 3.05) is 26.2 Å². The van der Waals surface area contributed by atoms with Crippen LogP contribution in [0.2, 0.25) is 0 Å². The Kier molecular flexibility index (Phi) is 11.8. The Hall–Kier alpha value is -4.98. The quantitative estimate of drug-likeness (QED) is 0.248. The number of imidazole rings is 1. The van der Waals surface area contributed by atoms with E-state index in [1.165, 1.54) is 22.4 Å². The average Bonchev–Trinajstić information content (AvgIpc) is 3.80. The second-order valence-corrected chi connectivity index (χ2v) is 11.6. The molecule has 4 heterocycles. The standard InChI is InChI=1S/C30H35N7O4S.CH2O2/c1-20(2)16-24-29(39)32-10-13-36-12-9-31-28(36)21-6-3-7-22(17-21)41-14-5-11-37(19-26(38)34-24)30(40)23-18-33-35-27(23)25-8-4-15-42-25;2-1-3/h3-4,6-9,12,15,17-18,20,24H,5,10-11,13-14,16,19H2,1-2H3,(H,32,39)(H,33,35)(H,34,38);1H,(H,2,3)/t24-;/m1./s1. The van der Waals surface area contributed by atoms with E-state index in [-0.39, 0.29) is 37.3 Å². The molecule has 0 radical (unpaired) electrons. The molecule has 238 valence electrons. The van der Waals surface area contributed by atoms with E-state index in [1.54, 1.807) is 6.20 Å². The zero-order valence-electron chi connectivity index (χ0n) is 25.1. The first-order valence-electron chi connectivity index (χ1n) is 14.6. The van der Waals surface area contributed by atoms with Crippen LogP contribution in [0, 0.1) is 5.92 Å². The van der Waals surface area contributed by atoms with Crippen LogP contribution in [-0.2, 0) is 20.9 Å². The number of rotatable bonds is 4. The number of hydrogen-bond donors (Lipinski definition) is 4. The number of benzene rings is 1. The Morgan fingerprint density at radius 3 is 2.80 bits per heavy atom. The van der Waals surface area contributed by atoms with Crippen LogP contribution < -0.4 is 15.4 Å². The average molecular weight is 636 g/mol. The lowest BCUT2D eigenvalue weighted by Gasteiger charge is -2.25. The summed E-state index contributed by atoms with van der Waals surface area (Å²) in [5, 5.41) is 21.7. The molecule has 3 aromatic heterocycles. The Bertz CT molecular complexity index is 1570. The SMILES string of the molecule is CC(C)C[C@H]1NC(=O)CN(C(=O)c2cn[nH]c2-c2cccs2)CCCOc2cccc(c2)-c2nccn2CCNC1=O.O=CO. The minimum atomic E-state index is -0.730. The van der Waals surface area contributed by atoms with Gasteiger partial charge in [0, 0.05) is 37.6 Å². The van der Waals surface area contributed by atoms with E-state index < -0.39 is 11.9 Å². The zero-order valence-corrected chi connectivity index (χ0v) is 26.0. The van der Waals surface area contributed by atoms with Crippen LogP contribution in [0.4, 0.5) is 0 Å². The summed E-state index contributed by atoms with van der Waals surface area (Å²) in [4.78, 5) is 55.5. The molecule has 1 aromatic carbocycles. The van der Waals surface area contributed by atoms with Crippen LogP contribution in [-0.4, -0.2) is 86.2 Å². The Morgan fingerprint density at radius 1 is 1.22 bits per heavy atom. The number of aromatic amines is 1. The summed E-state index contributed by atoms with van der Waals surface area (Å²) in [5.41, 5.74) is 1.89. The summed E-state index contributed by atoms with van der Waals surface area (Å²) in [5.74, 6) is 0.621. The van der Waals surface area contributed by atoms with Gasteiger partial charge < -0.3 is 29.9 Å². The van der Waals surface area contributed by atoms with E-state index in [1.807, 2.05) is 66.4 Å². The molecule has 5 rings (SSSR count). The lowest BCUT2D eigenvalue weighted by molar-refractivity contribution is -0.129. The maximum atomic E-state index is 13.8. The highest BCUT2D eigenvalue weighted by Crippen LogP contribution is 2.27. The zero-order chi connectivity index (χ0) is 32.2. The van der Waals surface area contributed by atoms with Crippen LogP contribution in [0.5, 0.6) is 5.75 Å². The van der Waals surface area contributed by atoms with Crippen molar-refractivity contribution in [3.05, 3.63) is 65.9 Å². The molecule has 1 atom stereocenters. The number of hydrogen-bond acceptors (Lipinski definition) is 8. The second kappa shape index (κ2) is 16.2. The number of carbonyl (C=O) groups excluding carboxylic acids is 3. The molecule has 4 aromatic rings. The molecule has 0 aliphatic carbocycles. The van der Waals surface area contributed by atoms with E-state index in [9.17, 15) is 14.4 Å². The van der Waals surface area contributed by atoms with E-state index in [4.69, 9.17) is 14.6 Å². The van der Waals surface area contributed by atoms with Gasteiger partial charge in [-0.3, -0.25) is 24.3 Å². The predicted molar refractivity (Wildman–Crippen MR) is 169 cm³/mol. The van der Waals surface area contributed by atoms with Gasteiger partial charge in [-0.2, -0.15) is 5.10 Å². The first-order valence-corrected chi connectivity index (χ1v) is 15.4. The highest BCUT2D eigenvalue weighted by atomic mass is 32.1. The number of thiophene rings is 1. The molecular formula is C31H37N7O6S. The fourth-order valence-corrected chi connectivity index (χ4v) is 5.67. The topological polar surface area (TPSA) is 172 Å². The van der Waals surface area contributed by atoms with Crippen LogP contribution in [0.25, 0.3) is 22.0 Å². The minimum absolute atomic E-state index is 0.167. The van der Waals surface area contributed by atoms with E-state index in [0.717, 1.165) is 16.3 Å². The van der Waals surface area contributed by atoms with Gasteiger partial charge in [0.2, 0.25) is 11.8 Å². The normalized spacial score (nSPS) is 16.2. The van der Waals surface area contributed by atoms with Crippen molar-refractivity contribution in [3.63, 3.8) is 0 Å². The predicted octanol–water partition coefficient (Wildman–Crippen LogP) is 3.27. The van der Waals surface area contributed by atoms with Crippen molar-refractivity contribution >= 4 is 35.5 Å². The molecule has 0 unspecified atom stereocenters. The summed E-state index contributed by atoms with van der Waals surface area (Å²) in [7, 11) is 0. The summed E-state index contributed by atoms with van der Waals surface area (Å²) in [6.07, 6.45) is 6.04. The number of nitrogens with one attached hydrogen (secondary N) is 3. The van der Waals surface area contributed by atoms with Crippen molar-refractivity contribution in [1.82, 2.24) is 35.3 Å². The van der Waals surface area contributed by atoms with Gasteiger partial charge in [-0.05, 0) is 42.3 Å². The highest BCUT2D eigenvalue weighted by Gasteiger charge is 2.27. The molecule has 13 nitrogen and oxygen atoms in total. The summed E-state index contributed by atoms with van der Waals surface area (Å²) >= 11 is 1.49. The summed E-state index contributed by atoms with van der Waals surface area (Å²) in [6.45, 7) is 5.02. The molecule has 14 heteroatoms. The van der Waals surface area contributed by atoms with Gasteiger partial charge in [-0.25, -0.2) is 4.98 Å². The number of ether oxygens (including phenoxy) is 1. The van der Waals surface area contributed by atoms with Gasteiger partial charge in [-0.15, -0.1) is 11.3 Å². The van der Waals surface area contributed by atoms with Gasteiger partial charge in [0.1, 0.15) is 17.6 Å². The molecule has 2 bridgehead atoms. The van der Waals surface area contributed by atoms with Crippen LogP contribution in [0.1, 0.15) is 37.0 Å². The number of carboxylic acid groups (broad SMARTS) is 1. The van der Waals surface area contributed by atoms with Crippen LogP contribution in [0.3, 0.4) is 0 Å². The monoisotopic (exact) mass is 635 g/mol. The lowest BCUT2D eigenvalue weighted by atomic mass is 10.0. The molecule has 0 fully saturated rings. The third kappa shape index (κ3) is 9.01. The fourth-order valence-electron chi connectivity index (χ4n) is 4.94. The Balaban J connectivity index is 0.00000148. The van der Waals surface area contributed by atoms with E-state index in [2.05, 4.69) is 25.8 Å². The van der Waals surface area contributed by atoms with Crippen LogP contribution >= 0.6 is 11.3 Å². The summed E-state index contributed by atoms with van der Waals surface area (Å²) < 4.78 is 8.01. The maximum Gasteiger partial charge on any atom is 0.290 e. The number of aromatic nitrogens is 4. The van der Waals surface area contributed by atoms with Crippen molar-refractivity contribution < 1.29 is 29.0 Å². The molecule has 4 N–H and O–H groups in total. The number of H-pyrrole nitrogens is 1. The molecule has 0 saturated carbocycles. The van der Waals surface area contributed by atoms with Crippen molar-refractivity contribution in [3.8, 4) is 27.7 Å². The van der Waals surface area contributed by atoms with E-state index in [0.29, 0.717) is 49.5 Å². The first kappa shape index (κ1) is 32.9. The van der Waals surface area contributed by atoms with Crippen molar-refractivity contribution in [2.45, 2.75) is 39.3 Å². The van der Waals surface area contributed by atoms with Crippen LogP contribution in [0.15, 0.2) is 60.4 Å². The van der Waals surface area contributed by atoms with E-state index >= 15 is 0 Å². The largest absolute Gasteiger partial charge is 0.494 e. The number of amides is 3. The van der Waals surface area contributed by atoms with Gasteiger partial charge >= 0.3 is 0 Å². The fraction of sp³-hybridized carbons (Fsp3) is 0.355. The smallest absolute Gasteiger partial charge is 0.290 e. The minimum Gasteiger partial charge on any atom is -0.494 e. The first-order chi connectivity index (χ1) is 21.8. The third-order valence-corrected chi connectivity index (χ3v) is 7.81. The molecule has 0 spiro atoms. The van der Waals surface area contributed by atoms with Gasteiger partial charge in [0.25, 0.3) is 12.4 Å². The summed E-state index contributed by atoms with van der Waals surface area (Å²) in [6, 6.07) is 10.8. The highest BCUT2D eigenvalue weighted by molar-refractivity contribution is 7.13. The van der Waals surface area contributed by atoms with Crippen molar-refractivity contribution in [2.24, 2.45) is 5.92 Å². The maximum absolute atomic E-state index is 13.8. The number of nitrogens with zero attached hydrogens (tertiary/aromatic N) is 4.